The number of hydrogen-bond acceptors (Lipinski definition) is 1. The fourth-order valence-electron chi connectivity index (χ4n) is 4.91. The van der Waals surface area contributed by atoms with E-state index in [-0.39, 0.29) is 0 Å². The fourth-order valence-corrected chi connectivity index (χ4v) is 6.00. The van der Waals surface area contributed by atoms with Crippen molar-refractivity contribution in [3.63, 3.8) is 0 Å². The summed E-state index contributed by atoms with van der Waals surface area (Å²) in [6, 6.07) is 41.8. The highest BCUT2D eigenvalue weighted by Crippen LogP contribution is 2.38. The highest BCUT2D eigenvalue weighted by Gasteiger charge is 2.13. The van der Waals surface area contributed by atoms with E-state index >= 15 is 0 Å². The Labute approximate surface area is 189 Å². The van der Waals surface area contributed by atoms with Gasteiger partial charge in [0.05, 0.1) is 11.0 Å². The van der Waals surface area contributed by atoms with Crippen molar-refractivity contribution in [1.29, 1.82) is 0 Å². The van der Waals surface area contributed by atoms with Crippen molar-refractivity contribution in [2.24, 2.45) is 0 Å². The molecule has 0 unspecified atom stereocenters. The number of para-hydroxylation sites is 2. The molecule has 7 aromatic rings. The third-order valence-electron chi connectivity index (χ3n) is 6.40. The summed E-state index contributed by atoms with van der Waals surface area (Å²) in [5, 5.41) is 5.26. The van der Waals surface area contributed by atoms with Gasteiger partial charge in [0.25, 0.3) is 0 Å². The maximum absolute atomic E-state index is 2.38. The number of nitrogens with zero attached hydrogens (tertiary/aromatic N) is 1. The molecule has 0 saturated carbocycles. The predicted octanol–water partition coefficient (Wildman–Crippen LogP) is 8.82. The second-order valence-corrected chi connectivity index (χ2v) is 9.31. The van der Waals surface area contributed by atoms with Crippen molar-refractivity contribution in [3.05, 3.63) is 115 Å². The first-order chi connectivity index (χ1) is 15.9. The average molecular weight is 426 g/mol. The monoisotopic (exact) mass is 425 g/mol. The van der Waals surface area contributed by atoms with Crippen molar-refractivity contribution in [3.8, 4) is 16.8 Å². The van der Waals surface area contributed by atoms with Crippen LogP contribution in [0.3, 0.4) is 0 Å². The molecule has 1 nitrogen and oxygen atoms in total. The number of thiophene rings is 1. The van der Waals surface area contributed by atoms with Gasteiger partial charge >= 0.3 is 0 Å². The van der Waals surface area contributed by atoms with Crippen LogP contribution in [0.1, 0.15) is 0 Å². The lowest BCUT2D eigenvalue weighted by molar-refractivity contribution is 1.18. The number of aromatic nitrogens is 1. The Hall–Kier alpha value is -3.88. The number of hydrogen-bond donors (Lipinski definition) is 0. The van der Waals surface area contributed by atoms with E-state index < -0.39 is 0 Å². The topological polar surface area (TPSA) is 4.93 Å². The van der Waals surface area contributed by atoms with Gasteiger partial charge in [-0.3, -0.25) is 0 Å². The Morgan fingerprint density at radius 2 is 1.09 bits per heavy atom. The molecule has 0 radical (unpaired) electrons. The van der Waals surface area contributed by atoms with Gasteiger partial charge in [-0.25, -0.2) is 0 Å². The molecule has 0 aliphatic rings. The van der Waals surface area contributed by atoms with E-state index in [0.717, 1.165) is 0 Å². The Morgan fingerprint density at radius 3 is 2.00 bits per heavy atom. The molecule has 7 rings (SSSR count). The molecule has 0 spiro atoms. The SMILES string of the molecule is c1ccc(-n2c3ccccc3c3ccc(-c4ccc5sc6ccccc6c5c4)cc32)cc1. The summed E-state index contributed by atoms with van der Waals surface area (Å²) in [5.41, 5.74) is 6.17. The molecule has 0 bridgehead atoms. The van der Waals surface area contributed by atoms with Crippen LogP contribution in [0.25, 0.3) is 58.8 Å². The first-order valence-electron chi connectivity index (χ1n) is 10.9. The lowest BCUT2D eigenvalue weighted by Gasteiger charge is -2.09. The lowest BCUT2D eigenvalue weighted by Crippen LogP contribution is -1.93. The van der Waals surface area contributed by atoms with Crippen molar-refractivity contribution in [2.45, 2.75) is 0 Å². The van der Waals surface area contributed by atoms with Gasteiger partial charge in [-0.2, -0.15) is 0 Å². The van der Waals surface area contributed by atoms with Crippen LogP contribution in [-0.4, -0.2) is 4.57 Å². The normalized spacial score (nSPS) is 11.8. The lowest BCUT2D eigenvalue weighted by atomic mass is 10.0. The van der Waals surface area contributed by atoms with Crippen molar-refractivity contribution < 1.29 is 0 Å². The minimum atomic E-state index is 1.19. The molecule has 32 heavy (non-hydrogen) atoms. The number of benzene rings is 5. The Bertz CT molecular complexity index is 1770. The highest BCUT2D eigenvalue weighted by molar-refractivity contribution is 7.25. The summed E-state index contributed by atoms with van der Waals surface area (Å²) in [7, 11) is 0. The Balaban J connectivity index is 1.51. The molecule has 0 atom stereocenters. The molecule has 5 aromatic carbocycles. The van der Waals surface area contributed by atoms with Crippen LogP contribution >= 0.6 is 11.3 Å². The molecule has 0 amide bonds. The maximum Gasteiger partial charge on any atom is 0.0547 e. The maximum atomic E-state index is 2.38. The Kier molecular flexibility index (Phi) is 3.78. The molecule has 0 N–H and O–H groups in total. The molecule has 2 aromatic heterocycles. The van der Waals surface area contributed by atoms with E-state index in [1.54, 1.807) is 0 Å². The molecule has 150 valence electrons. The van der Waals surface area contributed by atoms with Crippen LogP contribution in [-0.2, 0) is 0 Å². The number of fused-ring (bicyclic) bond motifs is 6. The summed E-state index contributed by atoms with van der Waals surface area (Å²) in [6.07, 6.45) is 0. The molecule has 2 heteroatoms. The molecule has 2 heterocycles. The van der Waals surface area contributed by atoms with E-state index in [0.29, 0.717) is 0 Å². The predicted molar refractivity (Wildman–Crippen MR) is 139 cm³/mol. The smallest absolute Gasteiger partial charge is 0.0547 e. The van der Waals surface area contributed by atoms with E-state index in [9.17, 15) is 0 Å². The van der Waals surface area contributed by atoms with Gasteiger partial charge in [-0.1, -0.05) is 72.8 Å². The van der Waals surface area contributed by atoms with E-state index in [2.05, 4.69) is 120 Å². The van der Waals surface area contributed by atoms with Crippen LogP contribution in [0.15, 0.2) is 115 Å². The van der Waals surface area contributed by atoms with Crippen LogP contribution in [0.4, 0.5) is 0 Å². The van der Waals surface area contributed by atoms with E-state index in [4.69, 9.17) is 0 Å². The van der Waals surface area contributed by atoms with Gasteiger partial charge in [0.15, 0.2) is 0 Å². The first kappa shape index (κ1) is 17.8. The summed E-state index contributed by atoms with van der Waals surface area (Å²) in [4.78, 5) is 0. The number of rotatable bonds is 2. The van der Waals surface area contributed by atoms with Crippen molar-refractivity contribution in [2.75, 3.05) is 0 Å². The summed E-state index contributed by atoms with van der Waals surface area (Å²) in [6.45, 7) is 0. The molecule has 0 aliphatic carbocycles. The average Bonchev–Trinajstić information content (AvgIpc) is 3.39. The third kappa shape index (κ3) is 2.57. The molecule has 0 aliphatic heterocycles. The first-order valence-corrected chi connectivity index (χ1v) is 11.7. The van der Waals surface area contributed by atoms with E-state index in [1.807, 2.05) is 11.3 Å². The zero-order chi connectivity index (χ0) is 21.1. The van der Waals surface area contributed by atoms with Crippen LogP contribution in [0, 0.1) is 0 Å². The van der Waals surface area contributed by atoms with Crippen LogP contribution in [0.5, 0.6) is 0 Å². The van der Waals surface area contributed by atoms with Gasteiger partial charge in [0.1, 0.15) is 0 Å². The molecular formula is C30H19NS. The van der Waals surface area contributed by atoms with E-state index in [1.165, 1.54) is 58.8 Å². The quantitative estimate of drug-likeness (QED) is 0.261. The van der Waals surface area contributed by atoms with Gasteiger partial charge < -0.3 is 4.57 Å². The standard InChI is InChI=1S/C30H19NS/c1-2-8-22(9-3-1)31-27-12-6-4-10-23(27)24-16-14-21(19-28(24)31)20-15-17-30-26(18-20)25-11-5-7-13-29(25)32-30/h1-19H. The largest absolute Gasteiger partial charge is 0.309 e. The minimum absolute atomic E-state index is 1.19. The minimum Gasteiger partial charge on any atom is -0.309 e. The van der Waals surface area contributed by atoms with Crippen molar-refractivity contribution >= 4 is 53.3 Å². The highest BCUT2D eigenvalue weighted by atomic mass is 32.1. The van der Waals surface area contributed by atoms with Crippen LogP contribution in [0.2, 0.25) is 0 Å². The summed E-state index contributed by atoms with van der Waals surface area (Å²) >= 11 is 1.87. The molecular weight excluding hydrogens is 406 g/mol. The third-order valence-corrected chi connectivity index (χ3v) is 7.55. The van der Waals surface area contributed by atoms with Gasteiger partial charge in [0, 0.05) is 36.6 Å². The second kappa shape index (κ2) is 6.81. The van der Waals surface area contributed by atoms with Gasteiger partial charge in [0.2, 0.25) is 0 Å². The van der Waals surface area contributed by atoms with Crippen molar-refractivity contribution in [1.82, 2.24) is 4.57 Å². The Morgan fingerprint density at radius 1 is 0.438 bits per heavy atom. The summed E-state index contributed by atoms with van der Waals surface area (Å²) < 4.78 is 5.07. The zero-order valence-corrected chi connectivity index (χ0v) is 18.1. The van der Waals surface area contributed by atoms with Gasteiger partial charge in [-0.15, -0.1) is 11.3 Å². The van der Waals surface area contributed by atoms with Gasteiger partial charge in [-0.05, 0) is 53.6 Å². The zero-order valence-electron chi connectivity index (χ0n) is 17.3. The molecule has 0 fully saturated rings. The fraction of sp³-hybridized carbons (Fsp3) is 0. The van der Waals surface area contributed by atoms with Crippen LogP contribution < -0.4 is 0 Å². The summed E-state index contributed by atoms with van der Waals surface area (Å²) in [5.74, 6) is 0. The second-order valence-electron chi connectivity index (χ2n) is 8.23. The molecule has 0 saturated heterocycles.